The van der Waals surface area contributed by atoms with Gasteiger partial charge in [0.15, 0.2) is 18.1 Å². The normalized spacial score (nSPS) is 13.7. The summed E-state index contributed by atoms with van der Waals surface area (Å²) in [5.74, 6) is 0. The first kappa shape index (κ1) is 29.6. The van der Waals surface area contributed by atoms with Crippen molar-refractivity contribution in [3.63, 3.8) is 0 Å². The van der Waals surface area contributed by atoms with Crippen molar-refractivity contribution >= 4 is 5.71 Å². The second-order valence-corrected chi connectivity index (χ2v) is 13.3. The van der Waals surface area contributed by atoms with E-state index < -0.39 is 0 Å². The maximum atomic E-state index is 2.43. The minimum absolute atomic E-state index is 0.105. The van der Waals surface area contributed by atoms with Crippen molar-refractivity contribution in [2.24, 2.45) is 5.41 Å². The van der Waals surface area contributed by atoms with Gasteiger partial charge < -0.3 is 0 Å². The fraction of sp³-hybridized carbons (Fsp3) is 0.359. The molecule has 0 aliphatic carbocycles. The third-order valence-electron chi connectivity index (χ3n) is 9.43. The Bertz CT molecular complexity index is 1690. The standard InChI is InChI=1S/C39H48N3/c1-10-39(8,11-2)33-17-13-12-16-31(33)35-25-30(32-24-28(3)19-20-29(32)4)21-23-42(35)27-41-22-15-14-18-34(41)36-26-37(40(36)9)38(5,6)7/h12-26H,10-11,27H2,1-9H3/q+3. The minimum Gasteiger partial charge on any atom is -0.192 e. The van der Waals surface area contributed by atoms with E-state index in [0.717, 1.165) is 19.5 Å². The van der Waals surface area contributed by atoms with Gasteiger partial charge in [-0.05, 0) is 66.5 Å². The van der Waals surface area contributed by atoms with E-state index in [4.69, 9.17) is 0 Å². The summed E-state index contributed by atoms with van der Waals surface area (Å²) in [5.41, 5.74) is 13.2. The highest BCUT2D eigenvalue weighted by atomic mass is 15.2. The maximum Gasteiger partial charge on any atom is 0.344 e. The average Bonchev–Trinajstić information content (AvgIpc) is 2.97. The first-order valence-electron chi connectivity index (χ1n) is 15.5. The molecule has 3 heteroatoms. The van der Waals surface area contributed by atoms with Crippen molar-refractivity contribution in [2.45, 2.75) is 80.3 Å². The molecule has 0 fully saturated rings. The van der Waals surface area contributed by atoms with E-state index in [0.29, 0.717) is 0 Å². The molecule has 0 radical (unpaired) electrons. The van der Waals surface area contributed by atoms with Crippen LogP contribution in [-0.4, -0.2) is 17.3 Å². The lowest BCUT2D eigenvalue weighted by atomic mass is 9.75. The summed E-state index contributed by atoms with van der Waals surface area (Å²) in [6.07, 6.45) is 9.05. The second kappa shape index (κ2) is 11.4. The van der Waals surface area contributed by atoms with Crippen molar-refractivity contribution in [3.05, 3.63) is 119 Å². The number of nitrogens with zero attached hydrogens (tertiary/aromatic N) is 3. The molecule has 1 aliphatic rings. The van der Waals surface area contributed by atoms with Crippen LogP contribution in [0, 0.1) is 19.3 Å². The molecule has 0 bridgehead atoms. The monoisotopic (exact) mass is 558 g/mol. The number of aromatic nitrogens is 2. The number of pyridine rings is 2. The van der Waals surface area contributed by atoms with Crippen LogP contribution in [0.15, 0.2) is 97.0 Å². The van der Waals surface area contributed by atoms with Crippen LogP contribution >= 0.6 is 0 Å². The van der Waals surface area contributed by atoms with E-state index in [1.165, 1.54) is 56.2 Å². The molecule has 2 aromatic heterocycles. The molecule has 4 aromatic rings. The van der Waals surface area contributed by atoms with Gasteiger partial charge in [0, 0.05) is 29.7 Å². The number of benzene rings is 2. The highest BCUT2D eigenvalue weighted by Crippen LogP contribution is 2.38. The van der Waals surface area contributed by atoms with Gasteiger partial charge in [-0.15, -0.1) is 9.13 Å². The molecule has 0 unspecified atom stereocenters. The van der Waals surface area contributed by atoms with Crippen LogP contribution in [0.5, 0.6) is 0 Å². The highest BCUT2D eigenvalue weighted by Gasteiger charge is 2.40. The van der Waals surface area contributed by atoms with Crippen molar-refractivity contribution < 1.29 is 13.7 Å². The summed E-state index contributed by atoms with van der Waals surface area (Å²) in [4.78, 5) is 0. The lowest BCUT2D eigenvalue weighted by Gasteiger charge is -2.29. The molecule has 3 heterocycles. The van der Waals surface area contributed by atoms with Gasteiger partial charge in [0.25, 0.3) is 11.4 Å². The predicted molar refractivity (Wildman–Crippen MR) is 175 cm³/mol. The first-order chi connectivity index (χ1) is 20.0. The lowest BCUT2D eigenvalue weighted by molar-refractivity contribution is -0.909. The molecule has 0 saturated carbocycles. The highest BCUT2D eigenvalue weighted by molar-refractivity contribution is 6.05. The largest absolute Gasteiger partial charge is 0.344 e. The summed E-state index contributed by atoms with van der Waals surface area (Å²) in [5, 5.41) is 0. The van der Waals surface area contributed by atoms with Crippen LogP contribution < -0.4 is 9.13 Å². The van der Waals surface area contributed by atoms with Crippen molar-refractivity contribution in [2.75, 3.05) is 7.05 Å². The van der Waals surface area contributed by atoms with Gasteiger partial charge in [-0.25, -0.2) is 0 Å². The van der Waals surface area contributed by atoms with Crippen molar-refractivity contribution in [1.82, 2.24) is 0 Å². The topological polar surface area (TPSA) is 10.8 Å². The van der Waals surface area contributed by atoms with E-state index in [-0.39, 0.29) is 10.8 Å². The van der Waals surface area contributed by atoms with Gasteiger partial charge in [-0.2, -0.15) is 4.58 Å². The number of hydrogen-bond acceptors (Lipinski definition) is 0. The van der Waals surface area contributed by atoms with Crippen LogP contribution in [0.2, 0.25) is 0 Å². The third-order valence-corrected chi connectivity index (χ3v) is 9.43. The van der Waals surface area contributed by atoms with E-state index in [2.05, 4.69) is 167 Å². The molecule has 3 nitrogen and oxygen atoms in total. The van der Waals surface area contributed by atoms with E-state index in [1.807, 2.05) is 0 Å². The maximum absolute atomic E-state index is 2.43. The van der Waals surface area contributed by atoms with Gasteiger partial charge in [0.05, 0.1) is 11.6 Å². The predicted octanol–water partition coefficient (Wildman–Crippen LogP) is 8.17. The van der Waals surface area contributed by atoms with Gasteiger partial charge in [-0.3, -0.25) is 0 Å². The molecule has 1 aliphatic heterocycles. The smallest absolute Gasteiger partial charge is 0.192 e. The molecule has 216 valence electrons. The van der Waals surface area contributed by atoms with E-state index in [1.54, 1.807) is 0 Å². The van der Waals surface area contributed by atoms with Gasteiger partial charge in [0.2, 0.25) is 5.69 Å². The Labute approximate surface area is 253 Å². The van der Waals surface area contributed by atoms with Gasteiger partial charge in [0.1, 0.15) is 7.05 Å². The molecule has 0 N–H and O–H groups in total. The quantitative estimate of drug-likeness (QED) is 0.193. The molecule has 5 rings (SSSR count). The Morgan fingerprint density at radius 3 is 2.07 bits per heavy atom. The molecule has 0 saturated heterocycles. The Balaban J connectivity index is 1.68. The molecule has 0 atom stereocenters. The zero-order chi connectivity index (χ0) is 30.2. The Morgan fingerprint density at radius 1 is 0.690 bits per heavy atom. The zero-order valence-electron chi connectivity index (χ0n) is 27.1. The van der Waals surface area contributed by atoms with Crippen molar-refractivity contribution in [3.8, 4) is 22.4 Å². The number of hydrogen-bond donors (Lipinski definition) is 0. The van der Waals surface area contributed by atoms with Crippen LogP contribution in [0.25, 0.3) is 22.4 Å². The lowest BCUT2D eigenvalue weighted by Crippen LogP contribution is -2.56. The zero-order valence-corrected chi connectivity index (χ0v) is 27.1. The summed E-state index contributed by atoms with van der Waals surface area (Å²) in [6, 6.07) is 27.0. The van der Waals surface area contributed by atoms with E-state index in [9.17, 15) is 0 Å². The van der Waals surface area contributed by atoms with E-state index >= 15 is 0 Å². The summed E-state index contributed by atoms with van der Waals surface area (Å²) in [7, 11) is 2.19. The third kappa shape index (κ3) is 5.50. The van der Waals surface area contributed by atoms with Crippen LogP contribution in [0.4, 0.5) is 0 Å². The molecule has 0 spiro atoms. The fourth-order valence-corrected chi connectivity index (χ4v) is 6.31. The van der Waals surface area contributed by atoms with Gasteiger partial charge >= 0.3 is 6.67 Å². The number of allylic oxidation sites excluding steroid dienone is 2. The fourth-order valence-electron chi connectivity index (χ4n) is 6.31. The Hall–Kier alpha value is -3.85. The Morgan fingerprint density at radius 2 is 1.38 bits per heavy atom. The second-order valence-electron chi connectivity index (χ2n) is 13.3. The molecule has 2 aromatic carbocycles. The summed E-state index contributed by atoms with van der Waals surface area (Å²) >= 11 is 0. The van der Waals surface area contributed by atoms with Crippen LogP contribution in [0.1, 0.15) is 76.8 Å². The summed E-state index contributed by atoms with van der Waals surface area (Å²) < 4.78 is 7.16. The average molecular weight is 559 g/mol. The molecular formula is C39H48N3+3. The molecule has 42 heavy (non-hydrogen) atoms. The minimum atomic E-state index is 0.105. The van der Waals surface area contributed by atoms with Gasteiger partial charge in [-0.1, -0.05) is 83.5 Å². The number of rotatable bonds is 8. The Kier molecular flexibility index (Phi) is 8.07. The molecule has 0 amide bonds. The SMILES string of the molecule is CCC(C)(CC)c1ccccc1-c1cc(-c2cc(C)ccc2C)cc[n+]1C[n+]1ccccc1C1=[N+](C)C(C(C)(C)C)=C1. The van der Waals surface area contributed by atoms with Crippen LogP contribution in [-0.2, 0) is 12.1 Å². The molecular weight excluding hydrogens is 510 g/mol. The first-order valence-corrected chi connectivity index (χ1v) is 15.5. The van der Waals surface area contributed by atoms with Crippen LogP contribution in [0.3, 0.4) is 0 Å². The summed E-state index contributed by atoms with van der Waals surface area (Å²) in [6.45, 7) is 19.0. The number of aryl methyl sites for hydroxylation is 2. The van der Waals surface area contributed by atoms with Crippen molar-refractivity contribution in [1.29, 1.82) is 0 Å².